The molecule has 0 heterocycles. The number of hydrogen-bond acceptors (Lipinski definition) is 3. The molecule has 0 unspecified atom stereocenters. The Hall–Kier alpha value is -1.32. The summed E-state index contributed by atoms with van der Waals surface area (Å²) in [6, 6.07) is 15.8. The van der Waals surface area contributed by atoms with Crippen molar-refractivity contribution in [2.45, 2.75) is 4.90 Å². The van der Waals surface area contributed by atoms with Gasteiger partial charge in [0.1, 0.15) is 5.75 Å². The van der Waals surface area contributed by atoms with E-state index in [1.165, 1.54) is 0 Å². The first-order valence-corrected chi connectivity index (χ1v) is 7.42. The molecule has 0 spiro atoms. The van der Waals surface area contributed by atoms with Gasteiger partial charge in [0.15, 0.2) is 0 Å². The fourth-order valence-corrected chi connectivity index (χ4v) is 2.78. The van der Waals surface area contributed by atoms with Crippen LogP contribution in [0.5, 0.6) is 5.75 Å². The van der Waals surface area contributed by atoms with Crippen molar-refractivity contribution in [3.8, 4) is 5.75 Å². The summed E-state index contributed by atoms with van der Waals surface area (Å²) >= 11 is 7.84. The van der Waals surface area contributed by atoms with E-state index in [0.717, 1.165) is 33.7 Å². The van der Waals surface area contributed by atoms with Gasteiger partial charge in [0.25, 0.3) is 0 Å². The maximum absolute atomic E-state index is 6.08. The maximum Gasteiger partial charge on any atom is 0.132 e. The second kappa shape index (κ2) is 7.31. The summed E-state index contributed by atoms with van der Waals surface area (Å²) < 4.78 is 5.32. The molecule has 0 saturated carbocycles. The van der Waals surface area contributed by atoms with Crippen LogP contribution in [0.1, 0.15) is 0 Å². The van der Waals surface area contributed by atoms with Gasteiger partial charge in [-0.2, -0.15) is 0 Å². The van der Waals surface area contributed by atoms with Crippen LogP contribution in [0.15, 0.2) is 53.4 Å². The summed E-state index contributed by atoms with van der Waals surface area (Å²) in [4.78, 5) is 1.16. The minimum Gasteiger partial charge on any atom is -0.496 e. The van der Waals surface area contributed by atoms with Gasteiger partial charge in [0.2, 0.25) is 0 Å². The number of hydrogen-bond donors (Lipinski definition) is 1. The molecule has 0 fully saturated rings. The highest BCUT2D eigenvalue weighted by Crippen LogP contribution is 2.28. The molecule has 0 aliphatic carbocycles. The van der Waals surface area contributed by atoms with E-state index in [-0.39, 0.29) is 0 Å². The monoisotopic (exact) mass is 293 g/mol. The fourth-order valence-electron chi connectivity index (χ4n) is 1.69. The van der Waals surface area contributed by atoms with Gasteiger partial charge in [-0.25, -0.2) is 0 Å². The molecule has 0 saturated heterocycles. The van der Waals surface area contributed by atoms with Crippen LogP contribution < -0.4 is 10.1 Å². The normalized spacial score (nSPS) is 10.2. The van der Waals surface area contributed by atoms with Crippen molar-refractivity contribution in [1.82, 2.24) is 0 Å². The van der Waals surface area contributed by atoms with Gasteiger partial charge in [-0.15, -0.1) is 11.8 Å². The highest BCUT2D eigenvalue weighted by atomic mass is 35.5. The highest BCUT2D eigenvalue weighted by molar-refractivity contribution is 7.99. The number of halogens is 1. The molecule has 0 aliphatic heterocycles. The number of ether oxygens (including phenoxy) is 1. The van der Waals surface area contributed by atoms with Gasteiger partial charge in [0.05, 0.1) is 17.8 Å². The number of thioether (sulfide) groups is 1. The zero-order valence-corrected chi connectivity index (χ0v) is 12.3. The molecular formula is C15H16ClNOS. The average molecular weight is 294 g/mol. The smallest absolute Gasteiger partial charge is 0.132 e. The molecule has 100 valence electrons. The third kappa shape index (κ3) is 4.08. The number of nitrogens with one attached hydrogen (secondary N) is 1. The van der Waals surface area contributed by atoms with Gasteiger partial charge < -0.3 is 10.1 Å². The minimum absolute atomic E-state index is 0.754. The zero-order valence-electron chi connectivity index (χ0n) is 10.7. The molecule has 0 aromatic heterocycles. The first-order valence-electron chi connectivity index (χ1n) is 6.05. The standard InChI is InChI=1S/C15H16ClNOS/c1-18-14-8-4-5-9-15(14)19-11-10-17-13-7-3-2-6-12(13)16/h2-9,17H,10-11H2,1H3. The van der Waals surface area contributed by atoms with E-state index >= 15 is 0 Å². The van der Waals surface area contributed by atoms with Crippen LogP contribution in [0.3, 0.4) is 0 Å². The molecule has 2 rings (SSSR count). The SMILES string of the molecule is COc1ccccc1SCCNc1ccccc1Cl. The summed E-state index contributed by atoms with van der Waals surface area (Å²) in [5, 5.41) is 4.08. The van der Waals surface area contributed by atoms with Gasteiger partial charge in [-0.05, 0) is 24.3 Å². The number of methoxy groups -OCH3 is 1. The molecule has 19 heavy (non-hydrogen) atoms. The Labute approximate surface area is 123 Å². The van der Waals surface area contributed by atoms with E-state index in [0.29, 0.717) is 0 Å². The lowest BCUT2D eigenvalue weighted by Gasteiger charge is -2.09. The lowest BCUT2D eigenvalue weighted by atomic mass is 10.3. The van der Waals surface area contributed by atoms with E-state index in [1.54, 1.807) is 18.9 Å². The summed E-state index contributed by atoms with van der Waals surface area (Å²) in [7, 11) is 1.70. The van der Waals surface area contributed by atoms with Crippen molar-refractivity contribution in [3.05, 3.63) is 53.6 Å². The van der Waals surface area contributed by atoms with Crippen LogP contribution in [0, 0.1) is 0 Å². The molecule has 2 aromatic carbocycles. The van der Waals surface area contributed by atoms with Gasteiger partial charge in [-0.1, -0.05) is 35.9 Å². The first kappa shape index (κ1) is 14.1. The number of benzene rings is 2. The molecule has 0 aliphatic rings. The molecule has 0 bridgehead atoms. The summed E-state index contributed by atoms with van der Waals surface area (Å²) in [5.74, 6) is 1.87. The molecule has 0 atom stereocenters. The van der Waals surface area contributed by atoms with Crippen LogP contribution in [-0.4, -0.2) is 19.4 Å². The predicted octanol–water partition coefficient (Wildman–Crippen LogP) is 4.55. The molecular weight excluding hydrogens is 278 g/mol. The van der Waals surface area contributed by atoms with Crippen molar-refractivity contribution < 1.29 is 4.74 Å². The fraction of sp³-hybridized carbons (Fsp3) is 0.200. The first-order chi connectivity index (χ1) is 9.31. The Kier molecular flexibility index (Phi) is 5.43. The van der Waals surface area contributed by atoms with E-state index in [9.17, 15) is 0 Å². The number of para-hydroxylation sites is 2. The van der Waals surface area contributed by atoms with Crippen LogP contribution in [0.4, 0.5) is 5.69 Å². The Balaban J connectivity index is 1.83. The predicted molar refractivity (Wildman–Crippen MR) is 83.7 cm³/mol. The third-order valence-electron chi connectivity index (χ3n) is 2.62. The van der Waals surface area contributed by atoms with Gasteiger partial charge >= 0.3 is 0 Å². The van der Waals surface area contributed by atoms with E-state index in [4.69, 9.17) is 16.3 Å². The van der Waals surface area contributed by atoms with Gasteiger partial charge in [-0.3, -0.25) is 0 Å². The molecule has 4 heteroatoms. The van der Waals surface area contributed by atoms with Gasteiger partial charge in [0, 0.05) is 17.2 Å². The lowest BCUT2D eigenvalue weighted by molar-refractivity contribution is 0.405. The van der Waals surface area contributed by atoms with Crippen molar-refractivity contribution in [2.75, 3.05) is 24.7 Å². The second-order valence-corrected chi connectivity index (χ2v) is 5.45. The maximum atomic E-state index is 6.08. The Bertz CT molecular complexity index is 533. The lowest BCUT2D eigenvalue weighted by Crippen LogP contribution is -2.04. The quantitative estimate of drug-likeness (QED) is 0.623. The van der Waals surface area contributed by atoms with Crippen molar-refractivity contribution in [1.29, 1.82) is 0 Å². The van der Waals surface area contributed by atoms with Crippen LogP contribution in [0.25, 0.3) is 0 Å². The topological polar surface area (TPSA) is 21.3 Å². The van der Waals surface area contributed by atoms with E-state index in [2.05, 4.69) is 11.4 Å². The largest absolute Gasteiger partial charge is 0.496 e. The summed E-state index contributed by atoms with van der Waals surface area (Å²) in [6.07, 6.45) is 0. The summed E-state index contributed by atoms with van der Waals surface area (Å²) in [5.41, 5.74) is 0.977. The van der Waals surface area contributed by atoms with Crippen molar-refractivity contribution in [3.63, 3.8) is 0 Å². The number of rotatable bonds is 6. The average Bonchev–Trinajstić information content (AvgIpc) is 2.45. The van der Waals surface area contributed by atoms with Crippen LogP contribution in [-0.2, 0) is 0 Å². The van der Waals surface area contributed by atoms with Crippen molar-refractivity contribution >= 4 is 29.1 Å². The molecule has 0 amide bonds. The minimum atomic E-state index is 0.754. The van der Waals surface area contributed by atoms with Crippen LogP contribution >= 0.6 is 23.4 Å². The van der Waals surface area contributed by atoms with E-state index < -0.39 is 0 Å². The van der Waals surface area contributed by atoms with Crippen molar-refractivity contribution in [2.24, 2.45) is 0 Å². The summed E-state index contributed by atoms with van der Waals surface area (Å²) in [6.45, 7) is 0.854. The molecule has 1 N–H and O–H groups in total. The molecule has 2 nitrogen and oxygen atoms in total. The van der Waals surface area contributed by atoms with E-state index in [1.807, 2.05) is 42.5 Å². The molecule has 2 aromatic rings. The second-order valence-electron chi connectivity index (χ2n) is 3.91. The number of anilines is 1. The zero-order chi connectivity index (χ0) is 13.5. The van der Waals surface area contributed by atoms with Crippen LogP contribution in [0.2, 0.25) is 5.02 Å². The highest BCUT2D eigenvalue weighted by Gasteiger charge is 2.02. The molecule has 0 radical (unpaired) electrons. The Morgan fingerprint density at radius 2 is 1.84 bits per heavy atom. The Morgan fingerprint density at radius 3 is 2.63 bits per heavy atom. The Morgan fingerprint density at radius 1 is 1.11 bits per heavy atom. The third-order valence-corrected chi connectivity index (χ3v) is 4.00.